The average molecular weight is 211 g/mol. The minimum absolute atomic E-state index is 0.137. The van der Waals surface area contributed by atoms with Gasteiger partial charge >= 0.3 is 0 Å². The van der Waals surface area contributed by atoms with E-state index in [1.165, 1.54) is 12.1 Å². The summed E-state index contributed by atoms with van der Waals surface area (Å²) in [6.45, 7) is 0.814. The number of hydrogen-bond acceptors (Lipinski definition) is 6. The molecule has 0 bridgehead atoms. The van der Waals surface area contributed by atoms with Crippen molar-refractivity contribution in [2.75, 3.05) is 18.6 Å². The third-order valence-corrected chi connectivity index (χ3v) is 2.01. The molecule has 0 saturated carbocycles. The van der Waals surface area contributed by atoms with Gasteiger partial charge in [0, 0.05) is 6.07 Å². The topological polar surface area (TPSA) is 99.7 Å². The van der Waals surface area contributed by atoms with Gasteiger partial charge in [0.15, 0.2) is 11.5 Å². The number of ether oxygens (including phenoxy) is 2. The van der Waals surface area contributed by atoms with Crippen LogP contribution in [0.3, 0.4) is 0 Å². The fourth-order valence-corrected chi connectivity index (χ4v) is 1.34. The Kier molecular flexibility index (Phi) is 2.30. The number of benzene rings is 1. The van der Waals surface area contributed by atoms with Crippen LogP contribution in [0.25, 0.3) is 0 Å². The molecule has 1 aliphatic rings. The Morgan fingerprint density at radius 3 is 2.47 bits per heavy atom. The lowest BCUT2D eigenvalue weighted by Crippen LogP contribution is -2.17. The van der Waals surface area contributed by atoms with E-state index in [4.69, 9.17) is 15.3 Å². The SMILES string of the molecule is NNc1cc2c(cc1[N+](=O)[O-])OCCO2. The zero-order valence-electron chi connectivity index (χ0n) is 7.73. The van der Waals surface area contributed by atoms with Crippen molar-refractivity contribution in [1.29, 1.82) is 0 Å². The van der Waals surface area contributed by atoms with E-state index in [1.807, 2.05) is 0 Å². The molecule has 0 amide bonds. The van der Waals surface area contributed by atoms with Crippen molar-refractivity contribution in [3.05, 3.63) is 22.2 Å². The summed E-state index contributed by atoms with van der Waals surface area (Å²) < 4.78 is 10.5. The first-order valence-corrected chi connectivity index (χ1v) is 4.27. The molecule has 1 aromatic rings. The smallest absolute Gasteiger partial charge is 0.297 e. The Morgan fingerprint density at radius 1 is 1.33 bits per heavy atom. The van der Waals surface area contributed by atoms with E-state index < -0.39 is 4.92 Å². The molecular formula is C8H9N3O4. The average Bonchev–Trinajstić information content (AvgIpc) is 2.27. The molecule has 0 unspecified atom stereocenters. The highest BCUT2D eigenvalue weighted by molar-refractivity contribution is 5.68. The largest absolute Gasteiger partial charge is 0.486 e. The maximum absolute atomic E-state index is 10.7. The number of nitro benzene ring substituents is 1. The van der Waals surface area contributed by atoms with Crippen LogP contribution < -0.4 is 20.7 Å². The summed E-state index contributed by atoms with van der Waals surface area (Å²) in [5, 5.41) is 10.7. The number of rotatable bonds is 2. The van der Waals surface area contributed by atoms with Gasteiger partial charge in [-0.05, 0) is 0 Å². The lowest BCUT2D eigenvalue weighted by molar-refractivity contribution is -0.384. The Labute approximate surface area is 84.9 Å². The van der Waals surface area contributed by atoms with Crippen molar-refractivity contribution < 1.29 is 14.4 Å². The maximum atomic E-state index is 10.7. The van der Waals surface area contributed by atoms with Crippen molar-refractivity contribution in [2.24, 2.45) is 5.84 Å². The molecule has 2 rings (SSSR count). The molecule has 0 aromatic heterocycles. The van der Waals surface area contributed by atoms with Crippen LogP contribution in [0.1, 0.15) is 0 Å². The number of anilines is 1. The predicted octanol–water partition coefficient (Wildman–Crippen LogP) is 0.652. The monoisotopic (exact) mass is 211 g/mol. The molecule has 0 saturated heterocycles. The summed E-state index contributed by atoms with van der Waals surface area (Å²) in [5.74, 6) is 6.00. The van der Waals surface area contributed by atoms with Crippen molar-refractivity contribution in [3.8, 4) is 11.5 Å². The Balaban J connectivity index is 2.51. The molecule has 15 heavy (non-hydrogen) atoms. The van der Waals surface area contributed by atoms with E-state index in [0.717, 1.165) is 0 Å². The van der Waals surface area contributed by atoms with E-state index in [0.29, 0.717) is 24.7 Å². The van der Waals surface area contributed by atoms with E-state index in [2.05, 4.69) is 5.43 Å². The lowest BCUT2D eigenvalue weighted by Gasteiger charge is -2.18. The van der Waals surface area contributed by atoms with E-state index in [-0.39, 0.29) is 11.4 Å². The summed E-state index contributed by atoms with van der Waals surface area (Å²) in [6, 6.07) is 2.75. The van der Waals surface area contributed by atoms with Gasteiger partial charge in [-0.1, -0.05) is 0 Å². The third-order valence-electron chi connectivity index (χ3n) is 2.01. The number of nitrogens with one attached hydrogen (secondary N) is 1. The molecular weight excluding hydrogens is 202 g/mol. The molecule has 1 aromatic carbocycles. The van der Waals surface area contributed by atoms with Crippen LogP contribution >= 0.6 is 0 Å². The summed E-state index contributed by atoms with van der Waals surface area (Å²) >= 11 is 0. The van der Waals surface area contributed by atoms with E-state index in [9.17, 15) is 10.1 Å². The van der Waals surface area contributed by atoms with Gasteiger partial charge < -0.3 is 14.9 Å². The molecule has 7 heteroatoms. The molecule has 80 valence electrons. The maximum Gasteiger partial charge on any atom is 0.297 e. The molecule has 0 atom stereocenters. The van der Waals surface area contributed by atoms with Crippen molar-refractivity contribution >= 4 is 11.4 Å². The van der Waals surface area contributed by atoms with Crippen molar-refractivity contribution in [2.45, 2.75) is 0 Å². The second-order valence-electron chi connectivity index (χ2n) is 2.91. The molecule has 0 spiro atoms. The number of hydrogen-bond donors (Lipinski definition) is 2. The first-order chi connectivity index (χ1) is 7.22. The van der Waals surface area contributed by atoms with Gasteiger partial charge in [0.1, 0.15) is 18.9 Å². The van der Waals surface area contributed by atoms with Gasteiger partial charge in [0.25, 0.3) is 5.69 Å². The minimum Gasteiger partial charge on any atom is -0.486 e. The highest BCUT2D eigenvalue weighted by Gasteiger charge is 2.21. The number of nitrogen functional groups attached to an aromatic ring is 1. The van der Waals surface area contributed by atoms with Gasteiger partial charge in [-0.2, -0.15) is 0 Å². The normalized spacial score (nSPS) is 13.4. The van der Waals surface area contributed by atoms with Crippen LogP contribution in [0.2, 0.25) is 0 Å². The number of nitrogens with two attached hydrogens (primary N) is 1. The Morgan fingerprint density at radius 2 is 1.93 bits per heavy atom. The van der Waals surface area contributed by atoms with Crippen LogP contribution in [0, 0.1) is 10.1 Å². The first-order valence-electron chi connectivity index (χ1n) is 4.27. The molecule has 1 heterocycles. The van der Waals surface area contributed by atoms with E-state index in [1.54, 1.807) is 0 Å². The van der Waals surface area contributed by atoms with Gasteiger partial charge in [-0.25, -0.2) is 0 Å². The number of nitro groups is 1. The van der Waals surface area contributed by atoms with Gasteiger partial charge in [-0.15, -0.1) is 0 Å². The van der Waals surface area contributed by atoms with Gasteiger partial charge in [0.05, 0.1) is 11.0 Å². The highest BCUT2D eigenvalue weighted by Crippen LogP contribution is 2.38. The number of fused-ring (bicyclic) bond motifs is 1. The molecule has 3 N–H and O–H groups in total. The molecule has 0 aliphatic carbocycles. The summed E-state index contributed by atoms with van der Waals surface area (Å²) in [7, 11) is 0. The second kappa shape index (κ2) is 3.62. The van der Waals surface area contributed by atoms with Gasteiger partial charge in [-0.3, -0.25) is 16.0 Å². The lowest BCUT2D eigenvalue weighted by atomic mass is 10.2. The fourth-order valence-electron chi connectivity index (χ4n) is 1.34. The van der Waals surface area contributed by atoms with E-state index >= 15 is 0 Å². The van der Waals surface area contributed by atoms with Crippen LogP contribution in [-0.2, 0) is 0 Å². The number of nitrogens with zero attached hydrogens (tertiary/aromatic N) is 1. The zero-order chi connectivity index (χ0) is 10.8. The quantitative estimate of drug-likeness (QED) is 0.423. The number of hydrazine groups is 1. The second-order valence-corrected chi connectivity index (χ2v) is 2.91. The molecule has 1 aliphatic heterocycles. The van der Waals surface area contributed by atoms with Crippen LogP contribution in [0.15, 0.2) is 12.1 Å². The van der Waals surface area contributed by atoms with Crippen molar-refractivity contribution in [1.82, 2.24) is 0 Å². The molecule has 0 fully saturated rings. The van der Waals surface area contributed by atoms with Crippen LogP contribution in [-0.4, -0.2) is 18.1 Å². The Hall–Kier alpha value is -2.02. The fraction of sp³-hybridized carbons (Fsp3) is 0.250. The summed E-state index contributed by atoms with van der Waals surface area (Å²) in [5.41, 5.74) is 2.31. The first kappa shape index (κ1) is 9.53. The summed E-state index contributed by atoms with van der Waals surface area (Å²) in [4.78, 5) is 10.1. The molecule has 0 radical (unpaired) electrons. The van der Waals surface area contributed by atoms with Gasteiger partial charge in [0.2, 0.25) is 0 Å². The molecule has 7 nitrogen and oxygen atoms in total. The highest BCUT2D eigenvalue weighted by atomic mass is 16.6. The standard InChI is InChI=1S/C8H9N3O4/c9-10-5-3-7-8(15-2-1-14-7)4-6(5)11(12)13/h3-4,10H,1-2,9H2. The minimum atomic E-state index is -0.534. The summed E-state index contributed by atoms with van der Waals surface area (Å²) in [6.07, 6.45) is 0. The van der Waals surface area contributed by atoms with Crippen LogP contribution in [0.4, 0.5) is 11.4 Å². The third kappa shape index (κ3) is 1.64. The predicted molar refractivity (Wildman–Crippen MR) is 51.9 cm³/mol. The van der Waals surface area contributed by atoms with Crippen molar-refractivity contribution in [3.63, 3.8) is 0 Å². The van der Waals surface area contributed by atoms with Crippen LogP contribution in [0.5, 0.6) is 11.5 Å². The zero-order valence-corrected chi connectivity index (χ0v) is 7.73. The Bertz CT molecular complexity index is 407.